The number of aryl methyl sites for hydroxylation is 1. The molecule has 5 heteroatoms. The topological polar surface area (TPSA) is 81.4 Å². The van der Waals surface area contributed by atoms with Gasteiger partial charge in [0, 0.05) is 6.08 Å². The molecule has 0 aliphatic heterocycles. The van der Waals surface area contributed by atoms with E-state index in [2.05, 4.69) is 5.32 Å². The van der Waals surface area contributed by atoms with Crippen molar-refractivity contribution in [2.75, 3.05) is 6.61 Å². The van der Waals surface area contributed by atoms with Crippen LogP contribution < -0.4 is 15.8 Å². The van der Waals surface area contributed by atoms with E-state index >= 15 is 0 Å². The number of nitrogens with one attached hydrogen (secondary N) is 1. The first kappa shape index (κ1) is 18.3. The highest BCUT2D eigenvalue weighted by atomic mass is 16.5. The summed E-state index contributed by atoms with van der Waals surface area (Å²) in [5.74, 6) is -0.137. The molecule has 130 valence electrons. The van der Waals surface area contributed by atoms with Gasteiger partial charge in [0.1, 0.15) is 5.75 Å². The quantitative estimate of drug-likeness (QED) is 0.762. The van der Waals surface area contributed by atoms with Gasteiger partial charge >= 0.3 is 0 Å². The summed E-state index contributed by atoms with van der Waals surface area (Å²) in [6.45, 7) is 3.82. The largest absolute Gasteiger partial charge is 0.484 e. The summed E-state index contributed by atoms with van der Waals surface area (Å²) in [7, 11) is 0. The first-order valence-corrected chi connectivity index (χ1v) is 8.01. The van der Waals surface area contributed by atoms with Crippen molar-refractivity contribution >= 4 is 17.9 Å². The monoisotopic (exact) mass is 338 g/mol. The second kappa shape index (κ2) is 8.68. The summed E-state index contributed by atoms with van der Waals surface area (Å²) in [4.78, 5) is 22.8. The molecule has 0 aliphatic rings. The van der Waals surface area contributed by atoms with Gasteiger partial charge in [0.15, 0.2) is 6.61 Å². The van der Waals surface area contributed by atoms with E-state index in [1.54, 1.807) is 30.3 Å². The van der Waals surface area contributed by atoms with Crippen molar-refractivity contribution in [3.63, 3.8) is 0 Å². The van der Waals surface area contributed by atoms with Crippen molar-refractivity contribution in [2.45, 2.75) is 19.9 Å². The minimum absolute atomic E-state index is 0.0667. The number of carbonyl (C=O) groups is 2. The average Bonchev–Trinajstić information content (AvgIpc) is 2.59. The van der Waals surface area contributed by atoms with Crippen LogP contribution in [-0.4, -0.2) is 18.4 Å². The van der Waals surface area contributed by atoms with Gasteiger partial charge in [-0.05, 0) is 48.7 Å². The molecule has 0 saturated carbocycles. The van der Waals surface area contributed by atoms with Gasteiger partial charge in [0.25, 0.3) is 5.91 Å². The van der Waals surface area contributed by atoms with E-state index in [0.29, 0.717) is 5.75 Å². The Balaban J connectivity index is 1.91. The smallest absolute Gasteiger partial charge is 0.255 e. The minimum atomic E-state index is -0.525. The average molecular weight is 338 g/mol. The van der Waals surface area contributed by atoms with E-state index in [0.717, 1.165) is 16.7 Å². The van der Waals surface area contributed by atoms with Crippen LogP contribution in [0.4, 0.5) is 0 Å². The second-order valence-electron chi connectivity index (χ2n) is 5.74. The van der Waals surface area contributed by atoms with Crippen LogP contribution in [0, 0.1) is 6.92 Å². The Bertz CT molecular complexity index is 767. The lowest BCUT2D eigenvalue weighted by atomic mass is 10.0. The van der Waals surface area contributed by atoms with Gasteiger partial charge in [-0.3, -0.25) is 9.59 Å². The van der Waals surface area contributed by atoms with Crippen molar-refractivity contribution in [3.05, 3.63) is 71.3 Å². The molecule has 0 fully saturated rings. The summed E-state index contributed by atoms with van der Waals surface area (Å²) in [6, 6.07) is 14.9. The molecule has 25 heavy (non-hydrogen) atoms. The van der Waals surface area contributed by atoms with Crippen LogP contribution >= 0.6 is 0 Å². The lowest BCUT2D eigenvalue weighted by Crippen LogP contribution is -2.25. The molecule has 0 radical (unpaired) electrons. The Kier molecular flexibility index (Phi) is 6.34. The fourth-order valence-electron chi connectivity index (χ4n) is 2.41. The second-order valence-corrected chi connectivity index (χ2v) is 5.74. The maximum Gasteiger partial charge on any atom is 0.255 e. The molecule has 3 N–H and O–H groups in total. The van der Waals surface area contributed by atoms with E-state index in [9.17, 15) is 9.59 Å². The zero-order valence-electron chi connectivity index (χ0n) is 14.4. The number of ether oxygens (including phenoxy) is 1. The van der Waals surface area contributed by atoms with Crippen LogP contribution in [0.1, 0.15) is 29.7 Å². The molecule has 0 aromatic heterocycles. The molecule has 0 bridgehead atoms. The van der Waals surface area contributed by atoms with Gasteiger partial charge in [0.2, 0.25) is 5.91 Å². The third kappa shape index (κ3) is 5.80. The first-order chi connectivity index (χ1) is 12.0. The molecule has 0 saturated heterocycles. The van der Waals surface area contributed by atoms with Crippen LogP contribution in [0.25, 0.3) is 6.08 Å². The fraction of sp³-hybridized carbons (Fsp3) is 0.200. The highest BCUT2D eigenvalue weighted by Crippen LogP contribution is 2.17. The lowest BCUT2D eigenvalue weighted by molar-refractivity contribution is -0.120. The molecule has 0 spiro atoms. The van der Waals surface area contributed by atoms with Crippen molar-refractivity contribution in [1.82, 2.24) is 5.32 Å². The molecule has 2 aromatic rings. The maximum atomic E-state index is 12.1. The standard InChI is InChI=1S/C20H22N2O3/c1-14-5-3-4-6-18(14)15(2)22-20(24)12-9-16-7-10-17(11-8-16)25-13-19(21)23/h3-12,15H,13H2,1-2H3,(H2,21,23)(H,22,24)/b12-9+. The molecule has 1 atom stereocenters. The molecule has 2 aromatic carbocycles. The lowest BCUT2D eigenvalue weighted by Gasteiger charge is -2.15. The molecule has 0 aliphatic carbocycles. The number of primary amides is 1. The van der Waals surface area contributed by atoms with Gasteiger partial charge in [-0.2, -0.15) is 0 Å². The molecule has 1 unspecified atom stereocenters. The van der Waals surface area contributed by atoms with Crippen molar-refractivity contribution in [3.8, 4) is 5.75 Å². The highest BCUT2D eigenvalue weighted by molar-refractivity contribution is 5.92. The van der Waals surface area contributed by atoms with Crippen LogP contribution in [-0.2, 0) is 9.59 Å². The predicted octanol–water partition coefficient (Wildman–Crippen LogP) is 2.75. The van der Waals surface area contributed by atoms with E-state index < -0.39 is 5.91 Å². The number of carbonyl (C=O) groups excluding carboxylic acids is 2. The Morgan fingerprint density at radius 3 is 2.48 bits per heavy atom. The van der Waals surface area contributed by atoms with Gasteiger partial charge in [-0.1, -0.05) is 36.4 Å². The number of hydrogen-bond acceptors (Lipinski definition) is 3. The van der Waals surface area contributed by atoms with Crippen molar-refractivity contribution in [1.29, 1.82) is 0 Å². The summed E-state index contributed by atoms with van der Waals surface area (Å²) in [5.41, 5.74) is 8.12. The Hall–Kier alpha value is -3.08. The van der Waals surface area contributed by atoms with Gasteiger partial charge in [-0.25, -0.2) is 0 Å². The molecule has 0 heterocycles. The van der Waals surface area contributed by atoms with Gasteiger partial charge in [-0.15, -0.1) is 0 Å². The van der Waals surface area contributed by atoms with E-state index in [4.69, 9.17) is 10.5 Å². The van der Waals surface area contributed by atoms with Gasteiger partial charge < -0.3 is 15.8 Å². The summed E-state index contributed by atoms with van der Waals surface area (Å²) >= 11 is 0. The maximum absolute atomic E-state index is 12.1. The zero-order chi connectivity index (χ0) is 18.2. The normalized spacial score (nSPS) is 11.9. The third-order valence-corrected chi connectivity index (χ3v) is 3.70. The Morgan fingerprint density at radius 1 is 1.16 bits per heavy atom. The van der Waals surface area contributed by atoms with E-state index in [1.807, 2.05) is 38.1 Å². The van der Waals surface area contributed by atoms with Crippen LogP contribution in [0.3, 0.4) is 0 Å². The fourth-order valence-corrected chi connectivity index (χ4v) is 2.41. The Labute approximate surface area is 147 Å². The zero-order valence-corrected chi connectivity index (χ0v) is 14.4. The molecular weight excluding hydrogens is 316 g/mol. The number of hydrogen-bond donors (Lipinski definition) is 2. The molecule has 5 nitrogen and oxygen atoms in total. The summed E-state index contributed by atoms with van der Waals surface area (Å²) in [5, 5.41) is 2.95. The van der Waals surface area contributed by atoms with Crippen LogP contribution in [0.5, 0.6) is 5.75 Å². The summed E-state index contributed by atoms with van der Waals surface area (Å²) < 4.78 is 5.18. The predicted molar refractivity (Wildman–Crippen MR) is 97.9 cm³/mol. The number of nitrogens with two attached hydrogens (primary N) is 1. The third-order valence-electron chi connectivity index (χ3n) is 3.70. The number of rotatable bonds is 7. The first-order valence-electron chi connectivity index (χ1n) is 8.01. The molecule has 2 amide bonds. The van der Waals surface area contributed by atoms with E-state index in [-0.39, 0.29) is 18.6 Å². The van der Waals surface area contributed by atoms with Gasteiger partial charge in [0.05, 0.1) is 6.04 Å². The number of benzene rings is 2. The summed E-state index contributed by atoms with van der Waals surface area (Å²) in [6.07, 6.45) is 3.21. The SMILES string of the molecule is Cc1ccccc1C(C)NC(=O)/C=C/c1ccc(OCC(N)=O)cc1. The highest BCUT2D eigenvalue weighted by Gasteiger charge is 2.09. The van der Waals surface area contributed by atoms with E-state index in [1.165, 1.54) is 6.08 Å². The Morgan fingerprint density at radius 2 is 1.84 bits per heavy atom. The minimum Gasteiger partial charge on any atom is -0.484 e. The number of amides is 2. The van der Waals surface area contributed by atoms with Crippen LogP contribution in [0.15, 0.2) is 54.6 Å². The molecular formula is C20H22N2O3. The van der Waals surface area contributed by atoms with Crippen molar-refractivity contribution in [2.24, 2.45) is 5.73 Å². The molecule has 2 rings (SSSR count). The van der Waals surface area contributed by atoms with Crippen LogP contribution in [0.2, 0.25) is 0 Å². The van der Waals surface area contributed by atoms with Crippen molar-refractivity contribution < 1.29 is 14.3 Å².